The van der Waals surface area contributed by atoms with Crippen molar-refractivity contribution in [3.63, 3.8) is 0 Å². The Morgan fingerprint density at radius 2 is 2.33 bits per heavy atom. The summed E-state index contributed by atoms with van der Waals surface area (Å²) in [5.41, 5.74) is -0.427. The molecule has 1 aromatic rings. The average molecular weight is 211 g/mol. The van der Waals surface area contributed by atoms with Crippen LogP contribution >= 0.6 is 0 Å². The van der Waals surface area contributed by atoms with Crippen LogP contribution in [0.15, 0.2) is 12.4 Å². The summed E-state index contributed by atoms with van der Waals surface area (Å²) in [6, 6.07) is 0. The SMILES string of the molecule is CC(C)(C)OC(=O)CNCc1ncc[nH]1. The van der Waals surface area contributed by atoms with E-state index in [0.29, 0.717) is 6.54 Å². The van der Waals surface area contributed by atoms with Crippen LogP contribution in [-0.4, -0.2) is 28.1 Å². The largest absolute Gasteiger partial charge is 0.459 e. The van der Waals surface area contributed by atoms with Crippen LogP contribution in [0.3, 0.4) is 0 Å². The minimum atomic E-state index is -0.427. The monoisotopic (exact) mass is 211 g/mol. The number of H-pyrrole nitrogens is 1. The third-order valence-corrected chi connectivity index (χ3v) is 1.54. The number of hydrogen-bond donors (Lipinski definition) is 2. The first-order valence-corrected chi connectivity index (χ1v) is 4.88. The van der Waals surface area contributed by atoms with Gasteiger partial charge in [-0.15, -0.1) is 0 Å². The van der Waals surface area contributed by atoms with Crippen LogP contribution in [0.2, 0.25) is 0 Å². The molecule has 0 aliphatic rings. The maximum atomic E-state index is 11.3. The number of carbonyl (C=O) groups is 1. The molecule has 0 amide bonds. The van der Waals surface area contributed by atoms with Gasteiger partial charge in [-0.1, -0.05) is 0 Å². The van der Waals surface area contributed by atoms with Gasteiger partial charge in [-0.25, -0.2) is 4.98 Å². The van der Waals surface area contributed by atoms with E-state index in [-0.39, 0.29) is 12.5 Å². The third kappa shape index (κ3) is 5.17. The average Bonchev–Trinajstić information content (AvgIpc) is 2.53. The molecule has 0 saturated heterocycles. The number of esters is 1. The topological polar surface area (TPSA) is 67.0 Å². The highest BCUT2D eigenvalue weighted by Crippen LogP contribution is 2.06. The van der Waals surface area contributed by atoms with Gasteiger partial charge in [-0.2, -0.15) is 0 Å². The van der Waals surface area contributed by atoms with Gasteiger partial charge in [0.05, 0.1) is 13.1 Å². The lowest BCUT2D eigenvalue weighted by molar-refractivity contribution is -0.153. The van der Waals surface area contributed by atoms with E-state index in [0.717, 1.165) is 5.82 Å². The predicted molar refractivity (Wildman–Crippen MR) is 56.1 cm³/mol. The summed E-state index contributed by atoms with van der Waals surface area (Å²) in [5.74, 6) is 0.549. The van der Waals surface area contributed by atoms with Crippen molar-refractivity contribution in [1.82, 2.24) is 15.3 Å². The second-order valence-corrected chi connectivity index (χ2v) is 4.23. The number of ether oxygens (including phenoxy) is 1. The molecule has 0 aliphatic carbocycles. The van der Waals surface area contributed by atoms with Crippen molar-refractivity contribution in [3.8, 4) is 0 Å². The van der Waals surface area contributed by atoms with Gasteiger partial charge in [0, 0.05) is 12.4 Å². The predicted octanol–water partition coefficient (Wildman–Crippen LogP) is 0.841. The van der Waals surface area contributed by atoms with E-state index < -0.39 is 5.60 Å². The molecule has 5 nitrogen and oxygen atoms in total. The highest BCUT2D eigenvalue weighted by atomic mass is 16.6. The second-order valence-electron chi connectivity index (χ2n) is 4.23. The molecule has 0 aliphatic heterocycles. The molecule has 0 saturated carbocycles. The molecule has 2 N–H and O–H groups in total. The number of nitrogens with one attached hydrogen (secondary N) is 2. The van der Waals surface area contributed by atoms with Crippen molar-refractivity contribution in [3.05, 3.63) is 18.2 Å². The summed E-state index contributed by atoms with van der Waals surface area (Å²) in [5, 5.41) is 2.94. The highest BCUT2D eigenvalue weighted by Gasteiger charge is 2.15. The van der Waals surface area contributed by atoms with Crippen LogP contribution in [0, 0.1) is 0 Å². The van der Waals surface area contributed by atoms with E-state index in [9.17, 15) is 4.79 Å². The molecule has 0 aromatic carbocycles. The summed E-state index contributed by atoms with van der Waals surface area (Å²) in [7, 11) is 0. The van der Waals surface area contributed by atoms with Crippen molar-refractivity contribution < 1.29 is 9.53 Å². The van der Waals surface area contributed by atoms with Crippen LogP contribution in [0.5, 0.6) is 0 Å². The Morgan fingerprint density at radius 1 is 1.60 bits per heavy atom. The van der Waals surface area contributed by atoms with Crippen molar-refractivity contribution in [2.45, 2.75) is 32.9 Å². The zero-order chi connectivity index (χ0) is 11.3. The Balaban J connectivity index is 2.18. The van der Waals surface area contributed by atoms with Crippen molar-refractivity contribution in [1.29, 1.82) is 0 Å². The van der Waals surface area contributed by atoms with E-state index in [4.69, 9.17) is 4.74 Å². The molecular formula is C10H17N3O2. The fourth-order valence-electron chi connectivity index (χ4n) is 1.06. The Labute approximate surface area is 89.2 Å². The number of hydrogen-bond acceptors (Lipinski definition) is 4. The van der Waals surface area contributed by atoms with Crippen LogP contribution in [0.25, 0.3) is 0 Å². The summed E-state index contributed by atoms with van der Waals surface area (Å²) >= 11 is 0. The molecule has 1 aromatic heterocycles. The van der Waals surface area contributed by atoms with Crippen LogP contribution in [0.1, 0.15) is 26.6 Å². The lowest BCUT2D eigenvalue weighted by Crippen LogP contribution is -2.31. The van der Waals surface area contributed by atoms with E-state index in [1.54, 1.807) is 12.4 Å². The normalized spacial score (nSPS) is 11.4. The number of aromatic amines is 1. The first-order chi connectivity index (χ1) is 6.97. The molecule has 1 heterocycles. The van der Waals surface area contributed by atoms with Gasteiger partial charge < -0.3 is 9.72 Å². The fraction of sp³-hybridized carbons (Fsp3) is 0.600. The number of carbonyl (C=O) groups excluding carboxylic acids is 1. The molecule has 0 fully saturated rings. The summed E-state index contributed by atoms with van der Waals surface area (Å²) in [6.45, 7) is 6.26. The number of rotatable bonds is 4. The molecular weight excluding hydrogens is 194 g/mol. The van der Waals surface area contributed by atoms with Gasteiger partial charge in [-0.05, 0) is 20.8 Å². The Hall–Kier alpha value is -1.36. The van der Waals surface area contributed by atoms with Gasteiger partial charge in [0.1, 0.15) is 11.4 Å². The molecule has 15 heavy (non-hydrogen) atoms. The number of imidazole rings is 1. The number of aromatic nitrogens is 2. The molecule has 0 spiro atoms. The first kappa shape index (κ1) is 11.7. The van der Waals surface area contributed by atoms with Gasteiger partial charge in [0.2, 0.25) is 0 Å². The van der Waals surface area contributed by atoms with Gasteiger partial charge in [0.25, 0.3) is 0 Å². The Morgan fingerprint density at radius 3 is 2.87 bits per heavy atom. The third-order valence-electron chi connectivity index (χ3n) is 1.54. The lowest BCUT2D eigenvalue weighted by atomic mass is 10.2. The standard InChI is InChI=1S/C10H17N3O2/c1-10(2,3)15-9(14)7-11-6-8-12-4-5-13-8/h4-5,11H,6-7H2,1-3H3,(H,12,13). The van der Waals surface area contributed by atoms with Crippen LogP contribution < -0.4 is 5.32 Å². The van der Waals surface area contributed by atoms with Gasteiger partial charge in [0.15, 0.2) is 0 Å². The zero-order valence-corrected chi connectivity index (χ0v) is 9.33. The van der Waals surface area contributed by atoms with Crippen LogP contribution in [0.4, 0.5) is 0 Å². The van der Waals surface area contributed by atoms with E-state index in [2.05, 4.69) is 15.3 Å². The minimum Gasteiger partial charge on any atom is -0.459 e. The smallest absolute Gasteiger partial charge is 0.320 e. The molecule has 5 heteroatoms. The Bertz CT molecular complexity index is 301. The lowest BCUT2D eigenvalue weighted by Gasteiger charge is -2.19. The van der Waals surface area contributed by atoms with Crippen LogP contribution in [-0.2, 0) is 16.1 Å². The summed E-state index contributed by atoms with van der Waals surface area (Å²) < 4.78 is 5.13. The van der Waals surface area contributed by atoms with Crippen molar-refractivity contribution in [2.24, 2.45) is 0 Å². The van der Waals surface area contributed by atoms with E-state index in [1.807, 2.05) is 20.8 Å². The maximum absolute atomic E-state index is 11.3. The molecule has 0 atom stereocenters. The summed E-state index contributed by atoms with van der Waals surface area (Å²) in [6.07, 6.45) is 3.41. The highest BCUT2D eigenvalue weighted by molar-refractivity contribution is 5.72. The molecule has 84 valence electrons. The summed E-state index contributed by atoms with van der Waals surface area (Å²) in [4.78, 5) is 18.2. The molecule has 0 bridgehead atoms. The molecule has 0 unspecified atom stereocenters. The van der Waals surface area contributed by atoms with Gasteiger partial charge in [-0.3, -0.25) is 10.1 Å². The quantitative estimate of drug-likeness (QED) is 0.724. The second kappa shape index (κ2) is 4.93. The van der Waals surface area contributed by atoms with E-state index >= 15 is 0 Å². The van der Waals surface area contributed by atoms with Crippen molar-refractivity contribution >= 4 is 5.97 Å². The molecule has 0 radical (unpaired) electrons. The van der Waals surface area contributed by atoms with E-state index in [1.165, 1.54) is 0 Å². The van der Waals surface area contributed by atoms with Gasteiger partial charge >= 0.3 is 5.97 Å². The first-order valence-electron chi connectivity index (χ1n) is 4.88. The van der Waals surface area contributed by atoms with Crippen molar-refractivity contribution in [2.75, 3.05) is 6.54 Å². The zero-order valence-electron chi connectivity index (χ0n) is 9.33. The fourth-order valence-corrected chi connectivity index (χ4v) is 1.06. The Kier molecular flexibility index (Phi) is 3.85. The number of nitrogens with zero attached hydrogens (tertiary/aromatic N) is 1. The molecule has 1 rings (SSSR count). The maximum Gasteiger partial charge on any atom is 0.320 e. The minimum absolute atomic E-state index is 0.192.